The van der Waals surface area contributed by atoms with Gasteiger partial charge in [0.15, 0.2) is 5.96 Å². The number of benzene rings is 1. The van der Waals surface area contributed by atoms with Gasteiger partial charge in [0.2, 0.25) is 0 Å². The maximum Gasteiger partial charge on any atom is 0.191 e. The van der Waals surface area contributed by atoms with E-state index in [0.717, 1.165) is 38.6 Å². The minimum Gasteiger partial charge on any atom is -0.356 e. The number of rotatable bonds is 8. The molecular weight excluding hydrogens is 475 g/mol. The summed E-state index contributed by atoms with van der Waals surface area (Å²) in [6.45, 7) is 7.17. The lowest BCUT2D eigenvalue weighted by atomic mass is 10.0. The number of likely N-dealkylation sites (tertiary alicyclic amines) is 1. The average Bonchev–Trinajstić information content (AvgIpc) is 3.24. The van der Waals surface area contributed by atoms with Crippen LogP contribution in [0.1, 0.15) is 43.7 Å². The van der Waals surface area contributed by atoms with E-state index in [-0.39, 0.29) is 24.0 Å². The average molecular weight is 510 g/mol. The second-order valence-corrected chi connectivity index (χ2v) is 7.56. The molecule has 1 saturated heterocycles. The third-order valence-corrected chi connectivity index (χ3v) is 5.52. The van der Waals surface area contributed by atoms with Gasteiger partial charge in [0.25, 0.3) is 0 Å². The van der Waals surface area contributed by atoms with Crippen LogP contribution in [0.5, 0.6) is 0 Å². The third-order valence-electron chi connectivity index (χ3n) is 5.52. The van der Waals surface area contributed by atoms with E-state index < -0.39 is 0 Å². The Bertz CT molecular complexity index is 731. The minimum absolute atomic E-state index is 0. The minimum atomic E-state index is 0. The second kappa shape index (κ2) is 12.8. The molecule has 1 unspecified atom stereocenters. The van der Waals surface area contributed by atoms with Gasteiger partial charge in [-0.3, -0.25) is 14.6 Å². The Balaban J connectivity index is 0.00000300. The number of aliphatic imine (C=N–C) groups is 1. The van der Waals surface area contributed by atoms with Gasteiger partial charge in [-0.2, -0.15) is 5.10 Å². The van der Waals surface area contributed by atoms with Crippen molar-refractivity contribution in [2.75, 3.05) is 20.1 Å². The molecule has 160 valence electrons. The second-order valence-electron chi connectivity index (χ2n) is 7.56. The fourth-order valence-corrected chi connectivity index (χ4v) is 3.78. The van der Waals surface area contributed by atoms with Crippen molar-refractivity contribution in [1.29, 1.82) is 0 Å². The first-order chi connectivity index (χ1) is 13.8. The van der Waals surface area contributed by atoms with Crippen molar-refractivity contribution < 1.29 is 0 Å². The zero-order chi connectivity index (χ0) is 19.6. The van der Waals surface area contributed by atoms with Crippen molar-refractivity contribution in [3.8, 4) is 0 Å². The Kier molecular flexibility index (Phi) is 10.5. The monoisotopic (exact) mass is 510 g/mol. The summed E-state index contributed by atoms with van der Waals surface area (Å²) in [5, 5.41) is 11.1. The molecule has 0 radical (unpaired) electrons. The lowest BCUT2D eigenvalue weighted by Gasteiger charge is -2.33. The molecule has 29 heavy (non-hydrogen) atoms. The molecule has 1 aromatic heterocycles. The largest absolute Gasteiger partial charge is 0.356 e. The van der Waals surface area contributed by atoms with Gasteiger partial charge in [-0.25, -0.2) is 0 Å². The first-order valence-electron chi connectivity index (χ1n) is 10.5. The van der Waals surface area contributed by atoms with Gasteiger partial charge in [0.1, 0.15) is 0 Å². The lowest BCUT2D eigenvalue weighted by Crippen LogP contribution is -2.38. The molecule has 3 rings (SSSR count). The van der Waals surface area contributed by atoms with Crippen LogP contribution in [0, 0.1) is 0 Å². The highest BCUT2D eigenvalue weighted by molar-refractivity contribution is 14.0. The SMILES string of the molecule is CN=C(NCCCn1cccn1)NCc1ccccc1CN1CCCCC1C.I. The van der Waals surface area contributed by atoms with E-state index in [4.69, 9.17) is 0 Å². The highest BCUT2D eigenvalue weighted by Crippen LogP contribution is 2.20. The molecule has 6 nitrogen and oxygen atoms in total. The molecule has 1 fully saturated rings. The topological polar surface area (TPSA) is 57.5 Å². The Morgan fingerprint density at radius 2 is 2.00 bits per heavy atom. The van der Waals surface area contributed by atoms with Crippen LogP contribution >= 0.6 is 24.0 Å². The van der Waals surface area contributed by atoms with Crippen LogP contribution in [0.15, 0.2) is 47.7 Å². The molecule has 1 atom stereocenters. The zero-order valence-electron chi connectivity index (χ0n) is 17.7. The van der Waals surface area contributed by atoms with Gasteiger partial charge in [0, 0.05) is 51.7 Å². The zero-order valence-corrected chi connectivity index (χ0v) is 20.0. The third kappa shape index (κ3) is 7.62. The van der Waals surface area contributed by atoms with Crippen molar-refractivity contribution in [3.63, 3.8) is 0 Å². The van der Waals surface area contributed by atoms with E-state index in [1.54, 1.807) is 0 Å². The van der Waals surface area contributed by atoms with Gasteiger partial charge in [-0.1, -0.05) is 30.7 Å². The summed E-state index contributed by atoms with van der Waals surface area (Å²) >= 11 is 0. The maximum atomic E-state index is 4.36. The first-order valence-corrected chi connectivity index (χ1v) is 10.5. The molecule has 0 amide bonds. The summed E-state index contributed by atoms with van der Waals surface area (Å²) in [5.74, 6) is 0.849. The van der Waals surface area contributed by atoms with Crippen molar-refractivity contribution >= 4 is 29.9 Å². The Morgan fingerprint density at radius 1 is 1.17 bits per heavy atom. The molecule has 7 heteroatoms. The molecule has 0 bridgehead atoms. The van der Waals surface area contributed by atoms with Crippen LogP contribution < -0.4 is 10.6 Å². The number of halogens is 1. The van der Waals surface area contributed by atoms with Gasteiger partial charge in [-0.15, -0.1) is 24.0 Å². The van der Waals surface area contributed by atoms with Crippen LogP contribution in [0.4, 0.5) is 0 Å². The molecule has 1 aliphatic rings. The number of hydrogen-bond donors (Lipinski definition) is 2. The fraction of sp³-hybridized carbons (Fsp3) is 0.545. The predicted molar refractivity (Wildman–Crippen MR) is 131 cm³/mol. The normalized spacial score (nSPS) is 17.6. The molecule has 0 saturated carbocycles. The quantitative estimate of drug-likeness (QED) is 0.247. The van der Waals surface area contributed by atoms with E-state index in [1.165, 1.54) is 36.9 Å². The van der Waals surface area contributed by atoms with Crippen molar-refractivity contribution in [2.24, 2.45) is 4.99 Å². The fourth-order valence-electron chi connectivity index (χ4n) is 3.78. The molecule has 2 aromatic rings. The molecule has 0 spiro atoms. The van der Waals surface area contributed by atoms with Crippen LogP contribution in [-0.4, -0.2) is 46.8 Å². The smallest absolute Gasteiger partial charge is 0.191 e. The number of nitrogens with zero attached hydrogens (tertiary/aromatic N) is 4. The summed E-state index contributed by atoms with van der Waals surface area (Å²) in [4.78, 5) is 6.97. The molecule has 1 aromatic carbocycles. The first kappa shape index (κ1) is 23.7. The van der Waals surface area contributed by atoms with Gasteiger partial charge in [0.05, 0.1) is 0 Å². The molecule has 2 N–H and O–H groups in total. The Morgan fingerprint density at radius 3 is 2.72 bits per heavy atom. The van der Waals surface area contributed by atoms with E-state index in [2.05, 4.69) is 56.8 Å². The molecule has 0 aliphatic carbocycles. The summed E-state index contributed by atoms with van der Waals surface area (Å²) in [6, 6.07) is 11.4. The van der Waals surface area contributed by atoms with Crippen molar-refractivity contribution in [2.45, 2.75) is 58.3 Å². The summed E-state index contributed by atoms with van der Waals surface area (Å²) in [6.07, 6.45) is 8.81. The van der Waals surface area contributed by atoms with Crippen LogP contribution in [0.2, 0.25) is 0 Å². The number of nitrogens with one attached hydrogen (secondary N) is 2. The Hall–Kier alpha value is -1.61. The van der Waals surface area contributed by atoms with Gasteiger partial charge < -0.3 is 10.6 Å². The highest BCUT2D eigenvalue weighted by atomic mass is 127. The van der Waals surface area contributed by atoms with E-state index in [0.29, 0.717) is 6.04 Å². The number of piperidine rings is 1. The van der Waals surface area contributed by atoms with Gasteiger partial charge in [-0.05, 0) is 49.9 Å². The number of guanidine groups is 1. The van der Waals surface area contributed by atoms with Crippen LogP contribution in [0.3, 0.4) is 0 Å². The van der Waals surface area contributed by atoms with Crippen LogP contribution in [-0.2, 0) is 19.6 Å². The maximum absolute atomic E-state index is 4.36. The summed E-state index contributed by atoms with van der Waals surface area (Å²) in [5.41, 5.74) is 2.76. The summed E-state index contributed by atoms with van der Waals surface area (Å²) < 4.78 is 1.95. The van der Waals surface area contributed by atoms with Crippen LogP contribution in [0.25, 0.3) is 0 Å². The van der Waals surface area contributed by atoms with Crippen molar-refractivity contribution in [1.82, 2.24) is 25.3 Å². The predicted octanol–water partition coefficient (Wildman–Crippen LogP) is 3.63. The molecular formula is C22H35IN6. The molecule has 2 heterocycles. The standard InChI is InChI=1S/C22H34N6.HI/c1-19-9-5-6-14-27(19)18-21-11-4-3-10-20(21)17-25-22(23-2)24-12-7-15-28-16-8-13-26-28;/h3-4,8,10-11,13,16,19H,5-7,9,12,14-15,17-18H2,1-2H3,(H2,23,24,25);1H. The van der Waals surface area contributed by atoms with E-state index >= 15 is 0 Å². The van der Waals surface area contributed by atoms with Gasteiger partial charge >= 0.3 is 0 Å². The molecule has 1 aliphatic heterocycles. The highest BCUT2D eigenvalue weighted by Gasteiger charge is 2.19. The van der Waals surface area contributed by atoms with E-state index in [9.17, 15) is 0 Å². The number of hydrogen-bond acceptors (Lipinski definition) is 3. The summed E-state index contributed by atoms with van der Waals surface area (Å²) in [7, 11) is 1.82. The van der Waals surface area contributed by atoms with E-state index in [1.807, 2.05) is 30.2 Å². The Labute approximate surface area is 192 Å². The lowest BCUT2D eigenvalue weighted by molar-refractivity contribution is 0.152. The number of aryl methyl sites for hydroxylation is 1. The number of aromatic nitrogens is 2. The van der Waals surface area contributed by atoms with Crippen molar-refractivity contribution in [3.05, 3.63) is 53.9 Å².